The minimum atomic E-state index is -0.567. The Morgan fingerprint density at radius 1 is 1.21 bits per heavy atom. The van der Waals surface area contributed by atoms with Crippen LogP contribution in [0, 0.1) is 5.82 Å². The molecule has 0 bridgehead atoms. The Morgan fingerprint density at radius 3 is 2.47 bits per heavy atom. The Morgan fingerprint density at radius 2 is 1.89 bits per heavy atom. The summed E-state index contributed by atoms with van der Waals surface area (Å²) >= 11 is 0. The fourth-order valence-corrected chi connectivity index (χ4v) is 1.60. The van der Waals surface area contributed by atoms with Gasteiger partial charge in [-0.05, 0) is 36.4 Å². The molecule has 4 nitrogen and oxygen atoms in total. The van der Waals surface area contributed by atoms with Gasteiger partial charge in [-0.2, -0.15) is 0 Å². The molecule has 5 heteroatoms. The molecular weight excluding hydrogens is 249 g/mol. The largest absolute Gasteiger partial charge is 0.453 e. The number of benzene rings is 1. The van der Waals surface area contributed by atoms with Crippen molar-refractivity contribution in [1.29, 1.82) is 0 Å². The molecule has 1 aromatic carbocycles. The second kappa shape index (κ2) is 5.48. The molecule has 0 aliphatic heterocycles. The fourth-order valence-electron chi connectivity index (χ4n) is 1.60. The second-order valence-electron chi connectivity index (χ2n) is 4.01. The number of halogens is 1. The molecule has 0 saturated heterocycles. The van der Waals surface area contributed by atoms with Crippen molar-refractivity contribution < 1.29 is 18.7 Å². The first-order valence-corrected chi connectivity index (χ1v) is 5.65. The van der Waals surface area contributed by atoms with Crippen LogP contribution in [0.1, 0.15) is 20.8 Å². The van der Waals surface area contributed by atoms with Gasteiger partial charge in [0.25, 0.3) is 0 Å². The Kier molecular flexibility index (Phi) is 3.75. The molecule has 0 fully saturated rings. The maximum atomic E-state index is 12.7. The van der Waals surface area contributed by atoms with E-state index >= 15 is 0 Å². The third-order valence-electron chi connectivity index (χ3n) is 2.65. The van der Waals surface area contributed by atoms with Crippen molar-refractivity contribution in [3.8, 4) is 0 Å². The van der Waals surface area contributed by atoms with Crippen molar-refractivity contribution in [2.24, 2.45) is 7.05 Å². The summed E-state index contributed by atoms with van der Waals surface area (Å²) in [6, 6.07) is 8.39. The van der Waals surface area contributed by atoms with E-state index in [2.05, 4.69) is 0 Å². The van der Waals surface area contributed by atoms with Crippen LogP contribution in [0.2, 0.25) is 0 Å². The van der Waals surface area contributed by atoms with E-state index in [1.54, 1.807) is 29.9 Å². The van der Waals surface area contributed by atoms with Crippen molar-refractivity contribution in [2.45, 2.75) is 0 Å². The smallest absolute Gasteiger partial charge is 0.355 e. The molecule has 2 rings (SSSR count). The van der Waals surface area contributed by atoms with Crippen molar-refractivity contribution >= 4 is 11.8 Å². The summed E-state index contributed by atoms with van der Waals surface area (Å²) in [7, 11) is 1.71. The van der Waals surface area contributed by atoms with Gasteiger partial charge in [0.1, 0.15) is 11.5 Å². The number of ketones is 1. The summed E-state index contributed by atoms with van der Waals surface area (Å²) < 4.78 is 19.2. The van der Waals surface area contributed by atoms with E-state index in [4.69, 9.17) is 4.74 Å². The van der Waals surface area contributed by atoms with Gasteiger partial charge in [0.2, 0.25) is 0 Å². The van der Waals surface area contributed by atoms with Crippen molar-refractivity contribution in [2.75, 3.05) is 6.61 Å². The van der Waals surface area contributed by atoms with Crippen LogP contribution in [0.4, 0.5) is 4.39 Å². The summed E-state index contributed by atoms with van der Waals surface area (Å²) in [5.74, 6) is -1.36. The quantitative estimate of drug-likeness (QED) is 0.626. The van der Waals surface area contributed by atoms with Gasteiger partial charge in [-0.3, -0.25) is 4.79 Å². The molecule has 0 radical (unpaired) electrons. The molecule has 0 atom stereocenters. The first kappa shape index (κ1) is 13.0. The van der Waals surface area contributed by atoms with Crippen LogP contribution < -0.4 is 0 Å². The first-order valence-electron chi connectivity index (χ1n) is 5.65. The molecule has 0 N–H and O–H groups in total. The van der Waals surface area contributed by atoms with Gasteiger partial charge in [-0.15, -0.1) is 0 Å². The van der Waals surface area contributed by atoms with Crippen LogP contribution in [-0.2, 0) is 11.8 Å². The third-order valence-corrected chi connectivity index (χ3v) is 2.65. The monoisotopic (exact) mass is 261 g/mol. The molecule has 0 aliphatic rings. The number of carbonyl (C=O) groups excluding carboxylic acids is 2. The van der Waals surface area contributed by atoms with Gasteiger partial charge in [-0.25, -0.2) is 9.18 Å². The summed E-state index contributed by atoms with van der Waals surface area (Å²) in [5, 5.41) is 0. The zero-order chi connectivity index (χ0) is 13.8. The van der Waals surface area contributed by atoms with E-state index in [1.165, 1.54) is 24.3 Å². The summed E-state index contributed by atoms with van der Waals surface area (Å²) in [4.78, 5) is 23.4. The molecule has 19 heavy (non-hydrogen) atoms. The molecule has 0 amide bonds. The molecule has 1 aromatic heterocycles. The number of aryl methyl sites for hydroxylation is 1. The number of esters is 1. The lowest BCUT2D eigenvalue weighted by Gasteiger charge is -2.05. The van der Waals surface area contributed by atoms with E-state index < -0.39 is 11.8 Å². The number of aromatic nitrogens is 1. The van der Waals surface area contributed by atoms with Crippen LogP contribution in [0.15, 0.2) is 42.6 Å². The molecule has 0 spiro atoms. The molecule has 0 unspecified atom stereocenters. The summed E-state index contributed by atoms with van der Waals surface area (Å²) in [6.45, 7) is -0.365. The highest BCUT2D eigenvalue weighted by Gasteiger charge is 2.13. The predicted octanol–water partition coefficient (Wildman–Crippen LogP) is 2.20. The standard InChI is InChI=1S/C14H12FNO3/c1-16-8-2-3-12(16)14(18)19-9-13(17)10-4-6-11(15)7-5-10/h2-8H,9H2,1H3. The molecule has 1 heterocycles. The zero-order valence-electron chi connectivity index (χ0n) is 10.3. The number of hydrogen-bond donors (Lipinski definition) is 0. The minimum Gasteiger partial charge on any atom is -0.453 e. The van der Waals surface area contributed by atoms with E-state index in [0.29, 0.717) is 11.3 Å². The van der Waals surface area contributed by atoms with Crippen LogP contribution in [0.3, 0.4) is 0 Å². The molecular formula is C14H12FNO3. The maximum absolute atomic E-state index is 12.7. The topological polar surface area (TPSA) is 48.3 Å². The normalized spacial score (nSPS) is 10.2. The van der Waals surface area contributed by atoms with E-state index in [9.17, 15) is 14.0 Å². The molecule has 98 valence electrons. The Balaban J connectivity index is 1.96. The maximum Gasteiger partial charge on any atom is 0.355 e. The van der Waals surface area contributed by atoms with Crippen molar-refractivity contribution in [3.05, 3.63) is 59.7 Å². The number of carbonyl (C=O) groups is 2. The van der Waals surface area contributed by atoms with Crippen LogP contribution >= 0.6 is 0 Å². The summed E-state index contributed by atoms with van der Waals surface area (Å²) in [5.41, 5.74) is 0.674. The average Bonchev–Trinajstić information content (AvgIpc) is 2.83. The predicted molar refractivity (Wildman–Crippen MR) is 66.4 cm³/mol. The van der Waals surface area contributed by atoms with E-state index in [0.717, 1.165) is 0 Å². The van der Waals surface area contributed by atoms with Crippen LogP contribution in [0.5, 0.6) is 0 Å². The summed E-state index contributed by atoms with van der Waals surface area (Å²) in [6.07, 6.45) is 1.71. The van der Waals surface area contributed by atoms with Gasteiger partial charge in [0, 0.05) is 18.8 Å². The lowest BCUT2D eigenvalue weighted by Crippen LogP contribution is -2.16. The third kappa shape index (κ3) is 3.07. The Bertz CT molecular complexity index is 601. The van der Waals surface area contributed by atoms with Gasteiger partial charge in [0.15, 0.2) is 12.4 Å². The first-order chi connectivity index (χ1) is 9.08. The van der Waals surface area contributed by atoms with Gasteiger partial charge >= 0.3 is 5.97 Å². The zero-order valence-corrected chi connectivity index (χ0v) is 10.3. The lowest BCUT2D eigenvalue weighted by atomic mass is 10.1. The number of Topliss-reactive ketones (excluding diaryl/α,β-unsaturated/α-hetero) is 1. The fraction of sp³-hybridized carbons (Fsp3) is 0.143. The Labute approximate surface area is 109 Å². The van der Waals surface area contributed by atoms with E-state index in [1.807, 2.05) is 0 Å². The molecule has 0 saturated carbocycles. The minimum absolute atomic E-state index is 0.307. The number of hydrogen-bond acceptors (Lipinski definition) is 3. The number of nitrogens with zero attached hydrogens (tertiary/aromatic N) is 1. The number of rotatable bonds is 4. The highest BCUT2D eigenvalue weighted by molar-refractivity contribution is 5.99. The highest BCUT2D eigenvalue weighted by Crippen LogP contribution is 2.06. The number of ether oxygens (including phenoxy) is 1. The molecule has 0 aliphatic carbocycles. The highest BCUT2D eigenvalue weighted by atomic mass is 19.1. The lowest BCUT2D eigenvalue weighted by molar-refractivity contribution is 0.0465. The SMILES string of the molecule is Cn1cccc1C(=O)OCC(=O)c1ccc(F)cc1. The second-order valence-corrected chi connectivity index (χ2v) is 4.01. The van der Waals surface area contributed by atoms with Gasteiger partial charge in [0.05, 0.1) is 0 Å². The van der Waals surface area contributed by atoms with Crippen molar-refractivity contribution in [3.63, 3.8) is 0 Å². The average molecular weight is 261 g/mol. The van der Waals surface area contributed by atoms with Gasteiger partial charge in [-0.1, -0.05) is 0 Å². The van der Waals surface area contributed by atoms with Crippen LogP contribution in [-0.4, -0.2) is 22.9 Å². The van der Waals surface area contributed by atoms with Crippen molar-refractivity contribution in [1.82, 2.24) is 4.57 Å². The van der Waals surface area contributed by atoms with Crippen LogP contribution in [0.25, 0.3) is 0 Å². The Hall–Kier alpha value is -2.43. The van der Waals surface area contributed by atoms with Gasteiger partial charge < -0.3 is 9.30 Å². The molecule has 2 aromatic rings. The van der Waals surface area contributed by atoms with E-state index in [-0.39, 0.29) is 12.4 Å².